The third kappa shape index (κ3) is 3.94. The Morgan fingerprint density at radius 3 is 2.35 bits per heavy atom. The first-order chi connectivity index (χ1) is 14.2. The van der Waals surface area contributed by atoms with Crippen molar-refractivity contribution in [2.24, 2.45) is 28.6 Å². The van der Waals surface area contributed by atoms with Gasteiger partial charge in [-0.15, -0.1) is 0 Å². The van der Waals surface area contributed by atoms with Crippen molar-refractivity contribution < 1.29 is 37.6 Å². The molecule has 3 N–H and O–H groups in total. The summed E-state index contributed by atoms with van der Waals surface area (Å²) in [5.74, 6) is -0.172. The molecular formula is C22H32O8S. The molecule has 0 heterocycles. The van der Waals surface area contributed by atoms with Gasteiger partial charge >= 0.3 is 0 Å². The summed E-state index contributed by atoms with van der Waals surface area (Å²) < 4.78 is 25.9. The second-order valence-corrected chi connectivity index (χ2v) is 11.6. The minimum atomic E-state index is -3.67. The number of carbonyl (C=O) groups excluding carboxylic acids is 3. The zero-order valence-electron chi connectivity index (χ0n) is 18.3. The minimum absolute atomic E-state index is 0.0988. The lowest BCUT2D eigenvalue weighted by molar-refractivity contribution is -0.170. The Bertz CT molecular complexity index is 929. The fourth-order valence-corrected chi connectivity index (χ4v) is 6.98. The van der Waals surface area contributed by atoms with E-state index in [1.54, 1.807) is 6.08 Å². The number of hydrogen-bond acceptors (Lipinski definition) is 7. The summed E-state index contributed by atoms with van der Waals surface area (Å²) >= 11 is 0. The monoisotopic (exact) mass is 456 g/mol. The van der Waals surface area contributed by atoms with Gasteiger partial charge in [-0.2, -0.15) is 8.42 Å². The van der Waals surface area contributed by atoms with E-state index in [-0.39, 0.29) is 41.2 Å². The molecular weight excluding hydrogens is 424 g/mol. The fraction of sp³-hybridized carbons (Fsp3) is 0.773. The number of rotatable bonds is 2. The summed E-state index contributed by atoms with van der Waals surface area (Å²) in [5.41, 5.74) is -1.55. The zero-order valence-corrected chi connectivity index (χ0v) is 19.1. The van der Waals surface area contributed by atoms with E-state index in [1.165, 1.54) is 0 Å². The van der Waals surface area contributed by atoms with Crippen molar-refractivity contribution in [2.45, 2.75) is 64.4 Å². The number of carbonyl (C=O) groups is 3. The van der Waals surface area contributed by atoms with E-state index >= 15 is 0 Å². The lowest BCUT2D eigenvalue weighted by atomic mass is 9.46. The van der Waals surface area contributed by atoms with Crippen LogP contribution in [0.2, 0.25) is 0 Å². The Morgan fingerprint density at radius 1 is 1.16 bits per heavy atom. The fourth-order valence-electron chi connectivity index (χ4n) is 6.98. The zero-order chi connectivity index (χ0) is 23.4. The van der Waals surface area contributed by atoms with E-state index in [1.807, 2.05) is 6.92 Å². The number of Topliss-reactive ketones (excluding diaryl/α,β-unsaturated/α-hetero) is 2. The van der Waals surface area contributed by atoms with Crippen LogP contribution in [0.4, 0.5) is 0 Å². The smallest absolute Gasteiger partial charge is 0.261 e. The van der Waals surface area contributed by atoms with Gasteiger partial charge in [0.2, 0.25) is 0 Å². The summed E-state index contributed by atoms with van der Waals surface area (Å²) in [4.78, 5) is 37.5. The molecule has 174 valence electrons. The van der Waals surface area contributed by atoms with Crippen molar-refractivity contribution in [3.63, 3.8) is 0 Å². The van der Waals surface area contributed by atoms with Crippen LogP contribution in [0.3, 0.4) is 0 Å². The predicted molar refractivity (Wildman–Crippen MR) is 112 cm³/mol. The summed E-state index contributed by atoms with van der Waals surface area (Å²) in [5, 5.41) is 20.5. The highest BCUT2D eigenvalue weighted by atomic mass is 32.2. The van der Waals surface area contributed by atoms with Gasteiger partial charge < -0.3 is 10.2 Å². The summed E-state index contributed by atoms with van der Waals surface area (Å²) in [7, 11) is -3.67. The molecule has 0 radical (unpaired) electrons. The maximum atomic E-state index is 13.3. The van der Waals surface area contributed by atoms with Crippen LogP contribution in [0.15, 0.2) is 11.6 Å². The Balaban J connectivity index is 0.000000491. The van der Waals surface area contributed by atoms with E-state index in [2.05, 4.69) is 6.92 Å². The molecule has 0 aromatic carbocycles. The maximum Gasteiger partial charge on any atom is 0.261 e. The van der Waals surface area contributed by atoms with Crippen molar-refractivity contribution >= 4 is 27.5 Å². The van der Waals surface area contributed by atoms with Gasteiger partial charge in [-0.3, -0.25) is 18.9 Å². The van der Waals surface area contributed by atoms with Gasteiger partial charge in [0, 0.05) is 24.2 Å². The second-order valence-electron chi connectivity index (χ2n) is 10.1. The molecule has 0 aromatic rings. The molecule has 3 fully saturated rings. The van der Waals surface area contributed by atoms with Gasteiger partial charge in [-0.25, -0.2) is 0 Å². The summed E-state index contributed by atoms with van der Waals surface area (Å²) in [6.07, 6.45) is 6.54. The highest BCUT2D eigenvalue weighted by Crippen LogP contribution is 2.66. The number of hydrogen-bond donors (Lipinski definition) is 3. The van der Waals surface area contributed by atoms with Crippen molar-refractivity contribution in [1.29, 1.82) is 0 Å². The normalized spacial score (nSPS) is 41.9. The number of aliphatic hydroxyl groups is 2. The van der Waals surface area contributed by atoms with Crippen LogP contribution in [0.25, 0.3) is 0 Å². The number of fused-ring (bicyclic) bond motifs is 5. The minimum Gasteiger partial charge on any atom is -0.388 e. The third-order valence-corrected chi connectivity index (χ3v) is 8.41. The molecule has 0 unspecified atom stereocenters. The topological polar surface area (TPSA) is 146 Å². The number of aliphatic hydroxyl groups excluding tert-OH is 1. The van der Waals surface area contributed by atoms with Crippen LogP contribution < -0.4 is 0 Å². The van der Waals surface area contributed by atoms with Gasteiger partial charge in [0.15, 0.2) is 11.6 Å². The van der Waals surface area contributed by atoms with Crippen LogP contribution in [0, 0.1) is 28.6 Å². The molecule has 9 heteroatoms. The van der Waals surface area contributed by atoms with Crippen molar-refractivity contribution in [2.75, 3.05) is 12.9 Å². The van der Waals surface area contributed by atoms with E-state index in [9.17, 15) is 33.0 Å². The molecule has 4 aliphatic carbocycles. The van der Waals surface area contributed by atoms with Crippen molar-refractivity contribution in [1.82, 2.24) is 0 Å². The van der Waals surface area contributed by atoms with Crippen LogP contribution in [0.1, 0.15) is 58.8 Å². The first kappa shape index (κ1) is 24.2. The van der Waals surface area contributed by atoms with Gasteiger partial charge in [-0.05, 0) is 55.4 Å². The molecule has 0 aromatic heterocycles. The van der Waals surface area contributed by atoms with E-state index < -0.39 is 33.5 Å². The molecule has 0 aliphatic heterocycles. The van der Waals surface area contributed by atoms with Gasteiger partial charge in [0.05, 0.1) is 6.26 Å². The highest BCUT2D eigenvalue weighted by Gasteiger charge is 2.68. The second kappa shape index (κ2) is 7.86. The van der Waals surface area contributed by atoms with E-state index in [0.717, 1.165) is 18.4 Å². The van der Waals surface area contributed by atoms with Gasteiger partial charge in [-0.1, -0.05) is 19.4 Å². The van der Waals surface area contributed by atoms with E-state index in [0.29, 0.717) is 31.9 Å². The van der Waals surface area contributed by atoms with Crippen LogP contribution >= 0.6 is 0 Å². The van der Waals surface area contributed by atoms with Crippen molar-refractivity contribution in [3.8, 4) is 0 Å². The molecule has 4 aliphatic rings. The highest BCUT2D eigenvalue weighted by molar-refractivity contribution is 7.85. The molecule has 4 rings (SSSR count). The molecule has 0 saturated heterocycles. The van der Waals surface area contributed by atoms with Crippen LogP contribution in [-0.4, -0.2) is 59.0 Å². The summed E-state index contributed by atoms with van der Waals surface area (Å²) in [6, 6.07) is 0. The molecule has 31 heavy (non-hydrogen) atoms. The van der Waals surface area contributed by atoms with Crippen LogP contribution in [0.5, 0.6) is 0 Å². The van der Waals surface area contributed by atoms with Crippen LogP contribution in [-0.2, 0) is 24.5 Å². The standard InChI is InChI=1S/C21H28O5.CH4O3S/c1-19-7-5-13(23)9-12(19)3-4-14-15-6-8-21(26,17(25)11-22)20(15,2)10-16(24)18(14)19;1-5(2,3)4/h9,14-15,18,22,26H,3-8,10-11H2,1-2H3;1H3,(H,2,3,4)/t14-,15-,18+,19-,20-,21-;/m0./s1. The van der Waals surface area contributed by atoms with Gasteiger partial charge in [0.1, 0.15) is 18.0 Å². The Kier molecular flexibility index (Phi) is 6.15. The maximum absolute atomic E-state index is 13.3. The molecule has 3 saturated carbocycles. The Hall–Kier alpha value is -1.42. The third-order valence-electron chi connectivity index (χ3n) is 8.41. The van der Waals surface area contributed by atoms with Gasteiger partial charge in [0.25, 0.3) is 10.1 Å². The number of ketones is 3. The molecule has 8 nitrogen and oxygen atoms in total. The average Bonchev–Trinajstić information content (AvgIpc) is 2.91. The predicted octanol–water partition coefficient (Wildman–Crippen LogP) is 1.49. The Labute approximate surface area is 182 Å². The lowest BCUT2D eigenvalue weighted by Crippen LogP contribution is -2.60. The average molecular weight is 457 g/mol. The molecule has 6 atom stereocenters. The Morgan fingerprint density at radius 2 is 1.77 bits per heavy atom. The molecule has 0 bridgehead atoms. The quantitative estimate of drug-likeness (QED) is 0.530. The molecule has 0 amide bonds. The number of allylic oxidation sites excluding steroid dienone is 1. The molecule has 0 spiro atoms. The largest absolute Gasteiger partial charge is 0.388 e. The first-order valence-corrected chi connectivity index (χ1v) is 12.6. The summed E-state index contributed by atoms with van der Waals surface area (Å²) in [6.45, 7) is 3.31. The SMILES string of the molecule is CS(=O)(=O)O.C[C@]12CCC(=O)C=C1CC[C@@H]1[C@@H]2C(=O)C[C@@]2(C)[C@H]1CC[C@]2(O)C(=O)CO. The lowest BCUT2D eigenvalue weighted by Gasteiger charge is -2.57. The van der Waals surface area contributed by atoms with Crippen molar-refractivity contribution in [3.05, 3.63) is 11.6 Å². The first-order valence-electron chi connectivity index (χ1n) is 10.7. The van der Waals surface area contributed by atoms with E-state index in [4.69, 9.17) is 4.55 Å².